The Labute approximate surface area is 183 Å². The molecule has 6 nitrogen and oxygen atoms in total. The van der Waals surface area contributed by atoms with Crippen LogP contribution >= 0.6 is 0 Å². The fourth-order valence-electron chi connectivity index (χ4n) is 4.50. The largest absolute Gasteiger partial charge is 0.481 e. The van der Waals surface area contributed by atoms with Gasteiger partial charge in [-0.25, -0.2) is 4.79 Å². The average Bonchev–Trinajstić information content (AvgIpc) is 2.77. The summed E-state index contributed by atoms with van der Waals surface area (Å²) in [6.45, 7) is 1.47. The van der Waals surface area contributed by atoms with Gasteiger partial charge in [-0.1, -0.05) is 18.2 Å². The molecule has 2 aliphatic rings. The van der Waals surface area contributed by atoms with Crippen molar-refractivity contribution >= 4 is 23.4 Å². The molecule has 0 saturated carbocycles. The van der Waals surface area contributed by atoms with E-state index in [2.05, 4.69) is 10.6 Å². The number of carboxylic acid groups (broad SMARTS) is 1. The Bertz CT molecular complexity index is 1030. The molecule has 32 heavy (non-hydrogen) atoms. The van der Waals surface area contributed by atoms with Crippen LogP contribution in [0.5, 0.6) is 0 Å². The van der Waals surface area contributed by atoms with Gasteiger partial charge in [0.15, 0.2) is 0 Å². The number of carboxylic acids is 1. The minimum Gasteiger partial charge on any atom is -0.481 e. The number of carbonyl (C=O) groups excluding carboxylic acids is 1. The second-order valence-electron chi connectivity index (χ2n) is 8.20. The molecule has 4 rings (SSSR count). The van der Waals surface area contributed by atoms with Gasteiger partial charge < -0.3 is 15.7 Å². The van der Waals surface area contributed by atoms with Gasteiger partial charge in [-0.15, -0.1) is 0 Å². The first-order valence-electron chi connectivity index (χ1n) is 10.6. The molecule has 0 unspecified atom stereocenters. The zero-order valence-electron chi connectivity index (χ0n) is 17.3. The molecule has 2 heterocycles. The van der Waals surface area contributed by atoms with Crippen LogP contribution in [0.25, 0.3) is 0 Å². The third-order valence-corrected chi connectivity index (χ3v) is 6.14. The molecule has 0 aromatic heterocycles. The molecule has 0 aliphatic carbocycles. The summed E-state index contributed by atoms with van der Waals surface area (Å²) < 4.78 is 39.5. The van der Waals surface area contributed by atoms with Crippen LogP contribution in [0.1, 0.15) is 35.4 Å². The molecule has 2 aliphatic heterocycles. The standard InChI is InChI=1S/C23H24F3N3O3/c24-23(25,26)16-7-6-14-4-2-10-29(20(14)12-16)22(32)28-17-5-1-3-15(11-17)19-13-27-9-8-18(19)21(30)31/h1,3,5-7,11-12,18-19,27H,2,4,8-10,13H2,(H,28,32)(H,30,31)/t18-,19+/m1/s1. The molecule has 1 fully saturated rings. The number of aryl methyl sites for hydroxylation is 1. The number of piperidine rings is 1. The summed E-state index contributed by atoms with van der Waals surface area (Å²) in [5.41, 5.74) is 1.44. The third-order valence-electron chi connectivity index (χ3n) is 6.14. The normalized spacial score (nSPS) is 21.0. The van der Waals surface area contributed by atoms with E-state index in [0.29, 0.717) is 50.1 Å². The average molecular weight is 447 g/mol. The molecule has 2 aromatic carbocycles. The topological polar surface area (TPSA) is 81.7 Å². The third kappa shape index (κ3) is 4.57. The highest BCUT2D eigenvalue weighted by atomic mass is 19.4. The van der Waals surface area contributed by atoms with Crippen molar-refractivity contribution in [3.8, 4) is 0 Å². The number of aliphatic carboxylic acids is 1. The lowest BCUT2D eigenvalue weighted by Gasteiger charge is -2.31. The number of fused-ring (bicyclic) bond motifs is 1. The van der Waals surface area contributed by atoms with E-state index in [9.17, 15) is 27.9 Å². The first-order valence-corrected chi connectivity index (χ1v) is 10.6. The molecule has 3 N–H and O–H groups in total. The predicted molar refractivity (Wildman–Crippen MR) is 114 cm³/mol. The highest BCUT2D eigenvalue weighted by Crippen LogP contribution is 2.36. The summed E-state index contributed by atoms with van der Waals surface area (Å²) in [5, 5.41) is 15.5. The SMILES string of the molecule is O=C(O)[C@@H]1CCNC[C@H]1c1cccc(NC(=O)N2CCCc3ccc(C(F)(F)F)cc32)c1. The van der Waals surface area contributed by atoms with Crippen LogP contribution in [-0.2, 0) is 17.4 Å². The highest BCUT2D eigenvalue weighted by Gasteiger charge is 2.34. The van der Waals surface area contributed by atoms with Gasteiger partial charge in [0.2, 0.25) is 0 Å². The van der Waals surface area contributed by atoms with Gasteiger partial charge in [-0.05, 0) is 61.2 Å². The van der Waals surface area contributed by atoms with E-state index < -0.39 is 29.7 Å². The second kappa shape index (κ2) is 8.82. The van der Waals surface area contributed by atoms with Gasteiger partial charge in [-0.3, -0.25) is 9.69 Å². The minimum absolute atomic E-state index is 0.233. The van der Waals surface area contributed by atoms with Crippen molar-refractivity contribution in [3.63, 3.8) is 0 Å². The number of amides is 2. The number of benzene rings is 2. The Morgan fingerprint density at radius 1 is 1.16 bits per heavy atom. The van der Waals surface area contributed by atoms with E-state index in [-0.39, 0.29) is 11.6 Å². The molecule has 0 radical (unpaired) electrons. The maximum atomic E-state index is 13.2. The molecule has 2 atom stereocenters. The lowest BCUT2D eigenvalue weighted by Crippen LogP contribution is -2.39. The fourth-order valence-corrected chi connectivity index (χ4v) is 4.50. The number of alkyl halides is 3. The smallest absolute Gasteiger partial charge is 0.416 e. The quantitative estimate of drug-likeness (QED) is 0.649. The zero-order chi connectivity index (χ0) is 22.9. The van der Waals surface area contributed by atoms with Gasteiger partial charge in [0.1, 0.15) is 0 Å². The molecular formula is C23H24F3N3O3. The summed E-state index contributed by atoms with van der Waals surface area (Å²) in [7, 11) is 0. The lowest BCUT2D eigenvalue weighted by molar-refractivity contribution is -0.143. The summed E-state index contributed by atoms with van der Waals surface area (Å²) in [4.78, 5) is 26.0. The Kier molecular flexibility index (Phi) is 6.10. The van der Waals surface area contributed by atoms with E-state index in [0.717, 1.165) is 17.7 Å². The van der Waals surface area contributed by atoms with Crippen molar-refractivity contribution in [2.24, 2.45) is 5.92 Å². The van der Waals surface area contributed by atoms with E-state index >= 15 is 0 Å². The monoisotopic (exact) mass is 447 g/mol. The minimum atomic E-state index is -4.49. The Morgan fingerprint density at radius 3 is 2.72 bits per heavy atom. The van der Waals surface area contributed by atoms with Gasteiger partial charge in [0, 0.05) is 30.4 Å². The fraction of sp³-hybridized carbons (Fsp3) is 0.391. The predicted octanol–water partition coefficient (Wildman–Crippen LogP) is 4.47. The number of hydrogen-bond acceptors (Lipinski definition) is 3. The number of carbonyl (C=O) groups is 2. The van der Waals surface area contributed by atoms with Crippen LogP contribution in [0.2, 0.25) is 0 Å². The van der Waals surface area contributed by atoms with Crippen molar-refractivity contribution in [2.45, 2.75) is 31.4 Å². The molecule has 9 heteroatoms. The van der Waals surface area contributed by atoms with E-state index in [1.165, 1.54) is 11.0 Å². The maximum Gasteiger partial charge on any atom is 0.416 e. The summed E-state index contributed by atoms with van der Waals surface area (Å²) in [5.74, 6) is -1.60. The number of nitrogens with zero attached hydrogens (tertiary/aromatic N) is 1. The summed E-state index contributed by atoms with van der Waals surface area (Å²) in [6.07, 6.45) is -2.71. The van der Waals surface area contributed by atoms with Crippen LogP contribution in [0, 0.1) is 5.92 Å². The van der Waals surface area contributed by atoms with Crippen molar-refractivity contribution < 1.29 is 27.9 Å². The Balaban J connectivity index is 1.56. The molecule has 0 bridgehead atoms. The van der Waals surface area contributed by atoms with E-state index in [1.807, 2.05) is 6.07 Å². The molecule has 1 saturated heterocycles. The maximum absolute atomic E-state index is 13.2. The summed E-state index contributed by atoms with van der Waals surface area (Å²) >= 11 is 0. The van der Waals surface area contributed by atoms with Crippen molar-refractivity contribution in [3.05, 3.63) is 59.2 Å². The van der Waals surface area contributed by atoms with Gasteiger partial charge >= 0.3 is 18.2 Å². The zero-order valence-corrected chi connectivity index (χ0v) is 17.3. The van der Waals surface area contributed by atoms with Gasteiger partial charge in [0.25, 0.3) is 0 Å². The van der Waals surface area contributed by atoms with Crippen LogP contribution in [0.3, 0.4) is 0 Å². The van der Waals surface area contributed by atoms with Gasteiger partial charge in [-0.2, -0.15) is 13.2 Å². The van der Waals surface area contributed by atoms with Gasteiger partial charge in [0.05, 0.1) is 11.5 Å². The first kappa shape index (κ1) is 22.1. The highest BCUT2D eigenvalue weighted by molar-refractivity contribution is 6.02. The van der Waals surface area contributed by atoms with E-state index in [1.54, 1.807) is 18.2 Å². The molecule has 2 aromatic rings. The van der Waals surface area contributed by atoms with Crippen LogP contribution < -0.4 is 15.5 Å². The number of halogens is 3. The van der Waals surface area contributed by atoms with Crippen LogP contribution in [0.4, 0.5) is 29.3 Å². The molecule has 2 amide bonds. The van der Waals surface area contributed by atoms with E-state index in [4.69, 9.17) is 0 Å². The lowest BCUT2D eigenvalue weighted by atomic mass is 9.81. The number of anilines is 2. The number of hydrogen-bond donors (Lipinski definition) is 3. The van der Waals surface area contributed by atoms with Crippen molar-refractivity contribution in [2.75, 3.05) is 29.9 Å². The summed E-state index contributed by atoms with van der Waals surface area (Å²) in [6, 6.07) is 9.97. The molecular weight excluding hydrogens is 423 g/mol. The van der Waals surface area contributed by atoms with Crippen molar-refractivity contribution in [1.29, 1.82) is 0 Å². The molecule has 170 valence electrons. The molecule has 0 spiro atoms. The Morgan fingerprint density at radius 2 is 1.97 bits per heavy atom. The second-order valence-corrected chi connectivity index (χ2v) is 8.20. The van der Waals surface area contributed by atoms with Crippen LogP contribution in [-0.4, -0.2) is 36.7 Å². The van der Waals surface area contributed by atoms with Crippen molar-refractivity contribution in [1.82, 2.24) is 5.32 Å². The number of urea groups is 1. The first-order chi connectivity index (χ1) is 15.2. The Hall–Kier alpha value is -3.07. The van der Waals surface area contributed by atoms with Crippen LogP contribution in [0.15, 0.2) is 42.5 Å². The number of nitrogens with one attached hydrogen (secondary N) is 2. The number of rotatable bonds is 3.